The molecular formula is C16H14ClF3N4O2S. The average Bonchev–Trinajstić information content (AvgIpc) is 3.13. The van der Waals surface area contributed by atoms with Gasteiger partial charge in [0.1, 0.15) is 5.15 Å². The van der Waals surface area contributed by atoms with Crippen LogP contribution in [-0.2, 0) is 12.7 Å². The monoisotopic (exact) mass is 418 g/mol. The van der Waals surface area contributed by atoms with Crippen LogP contribution in [0.3, 0.4) is 0 Å². The number of hydrogen-bond donors (Lipinski definition) is 1. The van der Waals surface area contributed by atoms with Crippen molar-refractivity contribution in [1.82, 2.24) is 19.2 Å². The van der Waals surface area contributed by atoms with E-state index in [1.54, 1.807) is 0 Å². The van der Waals surface area contributed by atoms with Crippen molar-refractivity contribution in [2.75, 3.05) is 6.61 Å². The van der Waals surface area contributed by atoms with Crippen LogP contribution in [0.2, 0.25) is 5.15 Å². The third-order valence-electron chi connectivity index (χ3n) is 4.63. The Kier molecular flexibility index (Phi) is 4.32. The van der Waals surface area contributed by atoms with Gasteiger partial charge in [-0.05, 0) is 19.3 Å². The Labute approximate surface area is 159 Å². The van der Waals surface area contributed by atoms with Gasteiger partial charge in [0.15, 0.2) is 10.7 Å². The minimum absolute atomic E-state index is 0.0705. The molecule has 1 N–H and O–H groups in total. The predicted molar refractivity (Wildman–Crippen MR) is 93.4 cm³/mol. The fourth-order valence-electron chi connectivity index (χ4n) is 3.23. The Morgan fingerprint density at radius 2 is 2.15 bits per heavy atom. The third kappa shape index (κ3) is 3.26. The minimum Gasteiger partial charge on any atom is -0.396 e. The number of aromatic nitrogens is 4. The van der Waals surface area contributed by atoms with Gasteiger partial charge in [-0.15, -0.1) is 11.3 Å². The van der Waals surface area contributed by atoms with Crippen molar-refractivity contribution in [2.45, 2.75) is 32.0 Å². The number of aliphatic hydroxyl groups is 1. The Morgan fingerprint density at radius 1 is 1.41 bits per heavy atom. The fraction of sp³-hybridized carbons (Fsp3) is 0.438. The Bertz CT molecular complexity index is 1090. The molecule has 0 bridgehead atoms. The summed E-state index contributed by atoms with van der Waals surface area (Å²) in [4.78, 5) is 18.4. The second-order valence-corrected chi connectivity index (χ2v) is 8.11. The van der Waals surface area contributed by atoms with Crippen LogP contribution in [0, 0.1) is 12.8 Å². The topological polar surface area (TPSA) is 72.4 Å². The second-order valence-electron chi connectivity index (χ2n) is 6.54. The molecule has 3 heterocycles. The molecule has 4 rings (SSSR count). The molecule has 0 radical (unpaired) electrons. The molecule has 0 aliphatic heterocycles. The quantitative estimate of drug-likeness (QED) is 0.706. The second kappa shape index (κ2) is 6.32. The highest BCUT2D eigenvalue weighted by atomic mass is 35.5. The summed E-state index contributed by atoms with van der Waals surface area (Å²) in [6.45, 7) is 1.82. The number of halogens is 4. The molecule has 0 aromatic carbocycles. The number of hydrogen-bond acceptors (Lipinski definition) is 5. The summed E-state index contributed by atoms with van der Waals surface area (Å²) in [5.41, 5.74) is -0.267. The van der Waals surface area contributed by atoms with E-state index in [9.17, 15) is 23.1 Å². The van der Waals surface area contributed by atoms with Crippen LogP contribution in [0.15, 0.2) is 16.9 Å². The van der Waals surface area contributed by atoms with Gasteiger partial charge in [0.2, 0.25) is 0 Å². The average molecular weight is 419 g/mol. The lowest BCUT2D eigenvalue weighted by Crippen LogP contribution is -2.18. The first-order valence-corrected chi connectivity index (χ1v) is 9.32. The van der Waals surface area contributed by atoms with Crippen LogP contribution in [0.25, 0.3) is 4.96 Å². The summed E-state index contributed by atoms with van der Waals surface area (Å²) in [5, 5.41) is 12.6. The van der Waals surface area contributed by atoms with Gasteiger partial charge in [0.05, 0.1) is 12.2 Å². The van der Waals surface area contributed by atoms with Crippen LogP contribution in [0.5, 0.6) is 0 Å². The molecule has 0 amide bonds. The van der Waals surface area contributed by atoms with Gasteiger partial charge < -0.3 is 5.11 Å². The van der Waals surface area contributed by atoms with E-state index in [2.05, 4.69) is 10.1 Å². The van der Waals surface area contributed by atoms with Crippen LogP contribution < -0.4 is 5.56 Å². The lowest BCUT2D eigenvalue weighted by Gasteiger charge is -2.05. The zero-order valence-electron chi connectivity index (χ0n) is 14.0. The molecule has 144 valence electrons. The van der Waals surface area contributed by atoms with E-state index in [1.807, 2.05) is 6.92 Å². The molecule has 1 aliphatic carbocycles. The van der Waals surface area contributed by atoms with Crippen LogP contribution in [0.4, 0.5) is 13.2 Å². The number of alkyl halides is 3. The minimum atomic E-state index is -4.60. The molecule has 3 aromatic rings. The molecule has 11 heteroatoms. The van der Waals surface area contributed by atoms with E-state index in [-0.39, 0.29) is 41.4 Å². The molecule has 2 atom stereocenters. The van der Waals surface area contributed by atoms with Gasteiger partial charge in [-0.2, -0.15) is 18.3 Å². The first-order valence-electron chi connectivity index (χ1n) is 8.12. The summed E-state index contributed by atoms with van der Waals surface area (Å²) < 4.78 is 40.8. The number of thiazole rings is 1. The maximum atomic E-state index is 12.8. The Morgan fingerprint density at radius 3 is 2.74 bits per heavy atom. The van der Waals surface area contributed by atoms with Crippen LogP contribution in [-0.4, -0.2) is 30.9 Å². The summed E-state index contributed by atoms with van der Waals surface area (Å²) in [5.74, 6) is 0.278. The highest BCUT2D eigenvalue weighted by molar-refractivity contribution is 7.17. The van der Waals surface area contributed by atoms with Crippen molar-refractivity contribution in [2.24, 2.45) is 5.92 Å². The normalized spacial score (nSPS) is 19.8. The van der Waals surface area contributed by atoms with Crippen molar-refractivity contribution in [1.29, 1.82) is 0 Å². The summed E-state index contributed by atoms with van der Waals surface area (Å²) in [6, 6.07) is 2.02. The molecule has 0 saturated heterocycles. The van der Waals surface area contributed by atoms with E-state index in [1.165, 1.54) is 21.8 Å². The van der Waals surface area contributed by atoms with Crippen molar-refractivity contribution in [3.05, 3.63) is 49.6 Å². The van der Waals surface area contributed by atoms with Crippen LogP contribution in [0.1, 0.15) is 34.3 Å². The fourth-order valence-corrected chi connectivity index (χ4v) is 4.50. The number of aliphatic hydroxyl groups excluding tert-OH is 1. The van der Waals surface area contributed by atoms with Crippen molar-refractivity contribution in [3.63, 3.8) is 0 Å². The van der Waals surface area contributed by atoms with Gasteiger partial charge in [0.25, 0.3) is 5.56 Å². The lowest BCUT2D eigenvalue weighted by molar-refractivity contribution is -0.141. The lowest BCUT2D eigenvalue weighted by atomic mass is 10.2. The molecule has 6 nitrogen and oxygen atoms in total. The molecule has 1 aliphatic rings. The Balaban J connectivity index is 1.71. The number of rotatable bonds is 4. The van der Waals surface area contributed by atoms with Gasteiger partial charge in [0, 0.05) is 35.2 Å². The molecule has 2 unspecified atom stereocenters. The number of fused-ring (bicyclic) bond motifs is 1. The zero-order chi connectivity index (χ0) is 19.5. The predicted octanol–water partition coefficient (Wildman–Crippen LogP) is 3.08. The van der Waals surface area contributed by atoms with Crippen molar-refractivity contribution >= 4 is 27.9 Å². The van der Waals surface area contributed by atoms with Crippen molar-refractivity contribution < 1.29 is 18.3 Å². The standard InChI is InChI=1S/C16H14ClF3N4O2S/c1-7-14(10-2-8(10)6-25)24-13(26)3-9(21-15(24)27-7)5-23-12(17)4-11(22-23)16(18,19)20/h3-4,8,10,25H,2,5-6H2,1H3. The summed E-state index contributed by atoms with van der Waals surface area (Å²) >= 11 is 7.18. The molecule has 1 fully saturated rings. The van der Waals surface area contributed by atoms with Gasteiger partial charge in [-0.1, -0.05) is 11.6 Å². The van der Waals surface area contributed by atoms with Crippen LogP contribution >= 0.6 is 22.9 Å². The van der Waals surface area contributed by atoms with E-state index >= 15 is 0 Å². The molecule has 27 heavy (non-hydrogen) atoms. The molecule has 3 aromatic heterocycles. The SMILES string of the molecule is Cc1sc2nc(Cn3nc(C(F)(F)F)cc3Cl)cc(=O)n2c1C1CC1CO. The number of nitrogens with zero attached hydrogens (tertiary/aromatic N) is 4. The van der Waals surface area contributed by atoms with E-state index in [0.29, 0.717) is 4.96 Å². The van der Waals surface area contributed by atoms with E-state index < -0.39 is 11.9 Å². The van der Waals surface area contributed by atoms with Gasteiger partial charge in [-0.25, -0.2) is 9.67 Å². The number of aryl methyl sites for hydroxylation is 1. The van der Waals surface area contributed by atoms with Gasteiger partial charge >= 0.3 is 6.18 Å². The highest BCUT2D eigenvalue weighted by Crippen LogP contribution is 2.49. The smallest absolute Gasteiger partial charge is 0.396 e. The molecule has 0 spiro atoms. The molecule has 1 saturated carbocycles. The largest absolute Gasteiger partial charge is 0.435 e. The third-order valence-corrected chi connectivity index (χ3v) is 5.90. The highest BCUT2D eigenvalue weighted by Gasteiger charge is 2.41. The maximum absolute atomic E-state index is 12.8. The summed E-state index contributed by atoms with van der Waals surface area (Å²) in [6.07, 6.45) is -3.78. The Hall–Kier alpha value is -1.91. The zero-order valence-corrected chi connectivity index (χ0v) is 15.6. The first-order chi connectivity index (χ1) is 12.7. The van der Waals surface area contributed by atoms with E-state index in [4.69, 9.17) is 11.6 Å². The first kappa shape index (κ1) is 18.5. The molecular weight excluding hydrogens is 405 g/mol. The maximum Gasteiger partial charge on any atom is 0.435 e. The summed E-state index contributed by atoms with van der Waals surface area (Å²) in [7, 11) is 0. The van der Waals surface area contributed by atoms with E-state index in [0.717, 1.165) is 27.7 Å². The van der Waals surface area contributed by atoms with Crippen molar-refractivity contribution in [3.8, 4) is 0 Å². The van der Waals surface area contributed by atoms with Gasteiger partial charge in [-0.3, -0.25) is 9.20 Å².